The number of nitro groups is 1. The average Bonchev–Trinajstić information content (AvgIpc) is 2.92. The third-order valence-electron chi connectivity index (χ3n) is 3.47. The van der Waals surface area contributed by atoms with Gasteiger partial charge in [-0.1, -0.05) is 24.3 Å². The molecule has 3 rings (SSSR count). The molecule has 0 aromatic heterocycles. The van der Waals surface area contributed by atoms with Gasteiger partial charge >= 0.3 is 6.03 Å². The minimum absolute atomic E-state index is 0.0718. The van der Waals surface area contributed by atoms with Gasteiger partial charge in [0.15, 0.2) is 0 Å². The van der Waals surface area contributed by atoms with Crippen molar-refractivity contribution in [2.75, 3.05) is 16.8 Å². The van der Waals surface area contributed by atoms with Crippen LogP contribution in [0.25, 0.3) is 0 Å². The normalized spacial score (nSPS) is 12.9. The van der Waals surface area contributed by atoms with E-state index in [1.54, 1.807) is 24.3 Å². The summed E-state index contributed by atoms with van der Waals surface area (Å²) in [5.41, 5.74) is 1.99. The number of nitrogens with zero attached hydrogens (tertiary/aromatic N) is 2. The molecule has 1 aliphatic heterocycles. The van der Waals surface area contributed by atoms with Crippen LogP contribution in [0.1, 0.15) is 5.56 Å². The number of nitrogens with one attached hydrogen (secondary N) is 1. The van der Waals surface area contributed by atoms with E-state index in [9.17, 15) is 14.9 Å². The highest BCUT2D eigenvalue weighted by molar-refractivity contribution is 6.03. The molecule has 2 amide bonds. The minimum atomic E-state index is -0.405. The van der Waals surface area contributed by atoms with Crippen molar-refractivity contribution < 1.29 is 9.72 Å². The fourth-order valence-corrected chi connectivity index (χ4v) is 2.51. The highest BCUT2D eigenvalue weighted by atomic mass is 16.6. The van der Waals surface area contributed by atoms with Crippen LogP contribution in [0.3, 0.4) is 0 Å². The van der Waals surface area contributed by atoms with Crippen molar-refractivity contribution in [2.24, 2.45) is 0 Å². The first-order valence-electron chi connectivity index (χ1n) is 6.56. The Morgan fingerprint density at radius 1 is 1.14 bits per heavy atom. The van der Waals surface area contributed by atoms with Gasteiger partial charge in [-0.3, -0.25) is 15.0 Å². The van der Waals surface area contributed by atoms with Gasteiger partial charge in [-0.15, -0.1) is 0 Å². The van der Waals surface area contributed by atoms with Crippen molar-refractivity contribution in [3.8, 4) is 0 Å². The van der Waals surface area contributed by atoms with E-state index in [1.807, 2.05) is 18.2 Å². The first kappa shape index (κ1) is 13.1. The summed E-state index contributed by atoms with van der Waals surface area (Å²) in [5, 5.41) is 13.8. The van der Waals surface area contributed by atoms with Crippen LogP contribution in [-0.4, -0.2) is 17.5 Å². The molecule has 0 spiro atoms. The number of anilines is 2. The van der Waals surface area contributed by atoms with Gasteiger partial charge in [0.05, 0.1) is 16.2 Å². The van der Waals surface area contributed by atoms with E-state index in [1.165, 1.54) is 11.0 Å². The molecule has 6 nitrogen and oxygen atoms in total. The summed E-state index contributed by atoms with van der Waals surface area (Å²) < 4.78 is 0. The predicted octanol–water partition coefficient (Wildman–Crippen LogP) is 3.19. The van der Waals surface area contributed by atoms with E-state index in [0.717, 1.165) is 0 Å². The Labute approximate surface area is 121 Å². The van der Waals surface area contributed by atoms with Crippen LogP contribution in [-0.2, 0) is 6.42 Å². The van der Waals surface area contributed by atoms with Crippen LogP contribution >= 0.6 is 0 Å². The zero-order chi connectivity index (χ0) is 14.8. The van der Waals surface area contributed by atoms with Crippen LogP contribution in [0, 0.1) is 10.1 Å². The smallest absolute Gasteiger partial charge is 0.308 e. The summed E-state index contributed by atoms with van der Waals surface area (Å²) in [6.45, 7) is 0.443. The Hall–Kier alpha value is -2.89. The molecule has 0 saturated carbocycles. The Morgan fingerprint density at radius 3 is 2.62 bits per heavy atom. The highest BCUT2D eigenvalue weighted by Crippen LogP contribution is 2.35. The highest BCUT2D eigenvalue weighted by Gasteiger charge is 2.30. The number of amides is 2. The summed E-state index contributed by atoms with van der Waals surface area (Å²) in [6, 6.07) is 13.6. The molecular formula is C15H13N3O3. The number of rotatable bonds is 2. The Bertz CT molecular complexity index is 701. The van der Waals surface area contributed by atoms with Crippen LogP contribution < -0.4 is 10.2 Å². The second-order valence-electron chi connectivity index (χ2n) is 4.73. The van der Waals surface area contributed by atoms with Gasteiger partial charge in [-0.25, -0.2) is 4.79 Å². The van der Waals surface area contributed by atoms with Gasteiger partial charge in [0.2, 0.25) is 0 Å². The lowest BCUT2D eigenvalue weighted by molar-refractivity contribution is -0.385. The lowest BCUT2D eigenvalue weighted by Crippen LogP contribution is -2.33. The van der Waals surface area contributed by atoms with Crippen molar-refractivity contribution in [1.29, 1.82) is 0 Å². The van der Waals surface area contributed by atoms with E-state index in [0.29, 0.717) is 29.9 Å². The fourth-order valence-electron chi connectivity index (χ4n) is 2.51. The van der Waals surface area contributed by atoms with Gasteiger partial charge in [0.1, 0.15) is 0 Å². The molecule has 0 saturated heterocycles. The first-order chi connectivity index (χ1) is 10.2. The predicted molar refractivity (Wildman–Crippen MR) is 79.6 cm³/mol. The number of para-hydroxylation sites is 1. The Kier molecular flexibility index (Phi) is 3.27. The summed E-state index contributed by atoms with van der Waals surface area (Å²) >= 11 is 0. The summed E-state index contributed by atoms with van der Waals surface area (Å²) in [7, 11) is 0. The second kappa shape index (κ2) is 5.24. The van der Waals surface area contributed by atoms with Crippen LogP contribution in [0.15, 0.2) is 48.5 Å². The molecule has 21 heavy (non-hydrogen) atoms. The van der Waals surface area contributed by atoms with Crippen molar-refractivity contribution in [2.45, 2.75) is 6.42 Å². The summed E-state index contributed by atoms with van der Waals surface area (Å²) in [5.74, 6) is 0. The SMILES string of the molecule is O=C(Nc1ccccc1)N1CCc2c1cccc2[N+](=O)[O-]. The topological polar surface area (TPSA) is 75.5 Å². The summed E-state index contributed by atoms with van der Waals surface area (Å²) in [4.78, 5) is 24.4. The number of fused-ring (bicyclic) bond motifs is 1. The van der Waals surface area contributed by atoms with Gasteiger partial charge < -0.3 is 5.32 Å². The zero-order valence-electron chi connectivity index (χ0n) is 11.2. The van der Waals surface area contributed by atoms with E-state index in [4.69, 9.17) is 0 Å². The maximum absolute atomic E-state index is 12.3. The monoisotopic (exact) mass is 283 g/mol. The molecule has 2 aromatic carbocycles. The number of hydrogen-bond acceptors (Lipinski definition) is 3. The molecule has 0 bridgehead atoms. The molecule has 0 unspecified atom stereocenters. The zero-order valence-corrected chi connectivity index (χ0v) is 11.2. The largest absolute Gasteiger partial charge is 0.326 e. The molecule has 0 fully saturated rings. The number of nitro benzene ring substituents is 1. The molecule has 0 atom stereocenters. The number of carbonyl (C=O) groups is 1. The van der Waals surface area contributed by atoms with E-state index < -0.39 is 4.92 Å². The quantitative estimate of drug-likeness (QED) is 0.679. The molecule has 1 aliphatic rings. The first-order valence-corrected chi connectivity index (χ1v) is 6.56. The minimum Gasteiger partial charge on any atom is -0.308 e. The third kappa shape index (κ3) is 2.43. The Morgan fingerprint density at radius 2 is 1.90 bits per heavy atom. The number of carbonyl (C=O) groups excluding carboxylic acids is 1. The van der Waals surface area contributed by atoms with E-state index in [-0.39, 0.29) is 11.7 Å². The van der Waals surface area contributed by atoms with Crippen molar-refractivity contribution in [3.05, 3.63) is 64.2 Å². The van der Waals surface area contributed by atoms with Crippen LogP contribution in [0.2, 0.25) is 0 Å². The molecule has 1 N–H and O–H groups in total. The van der Waals surface area contributed by atoms with Crippen molar-refractivity contribution in [3.63, 3.8) is 0 Å². The van der Waals surface area contributed by atoms with Gasteiger partial charge in [-0.2, -0.15) is 0 Å². The molecule has 6 heteroatoms. The maximum atomic E-state index is 12.3. The van der Waals surface area contributed by atoms with E-state index in [2.05, 4.69) is 5.32 Å². The van der Waals surface area contributed by atoms with Crippen molar-refractivity contribution >= 4 is 23.1 Å². The Balaban J connectivity index is 1.86. The maximum Gasteiger partial charge on any atom is 0.326 e. The lowest BCUT2D eigenvalue weighted by atomic mass is 10.1. The molecule has 0 aliphatic carbocycles. The van der Waals surface area contributed by atoms with Crippen molar-refractivity contribution in [1.82, 2.24) is 0 Å². The lowest BCUT2D eigenvalue weighted by Gasteiger charge is -2.17. The number of hydrogen-bond donors (Lipinski definition) is 1. The molecule has 106 valence electrons. The summed E-state index contributed by atoms with van der Waals surface area (Å²) in [6.07, 6.45) is 0.495. The van der Waals surface area contributed by atoms with Crippen LogP contribution in [0.4, 0.5) is 21.9 Å². The molecule has 2 aromatic rings. The third-order valence-corrected chi connectivity index (χ3v) is 3.47. The van der Waals surface area contributed by atoms with E-state index >= 15 is 0 Å². The standard InChI is InChI=1S/C15H13N3O3/c19-15(16-11-5-2-1-3-6-11)17-10-9-12-13(17)7-4-8-14(12)18(20)21/h1-8H,9-10H2,(H,16,19). The van der Waals surface area contributed by atoms with Gasteiger partial charge in [0.25, 0.3) is 5.69 Å². The number of benzene rings is 2. The van der Waals surface area contributed by atoms with Crippen LogP contribution in [0.5, 0.6) is 0 Å². The molecule has 1 heterocycles. The average molecular weight is 283 g/mol. The number of urea groups is 1. The second-order valence-corrected chi connectivity index (χ2v) is 4.73. The van der Waals surface area contributed by atoms with Gasteiger partial charge in [-0.05, 0) is 24.6 Å². The molecule has 0 radical (unpaired) electrons. The fraction of sp³-hybridized carbons (Fsp3) is 0.133. The van der Waals surface area contributed by atoms with Gasteiger partial charge in [0, 0.05) is 18.3 Å². The molecular weight excluding hydrogens is 270 g/mol.